The van der Waals surface area contributed by atoms with E-state index >= 15 is 0 Å². The van der Waals surface area contributed by atoms with Gasteiger partial charge in [-0.3, -0.25) is 5.10 Å². The van der Waals surface area contributed by atoms with Gasteiger partial charge in [-0.2, -0.15) is 0 Å². The molecule has 5 heteroatoms. The van der Waals surface area contributed by atoms with Crippen LogP contribution in [0.3, 0.4) is 0 Å². The zero-order valence-corrected chi connectivity index (χ0v) is 11.5. The summed E-state index contributed by atoms with van der Waals surface area (Å²) in [5, 5.41) is 7.91. The van der Waals surface area contributed by atoms with Crippen molar-refractivity contribution in [2.75, 3.05) is 19.5 Å². The van der Waals surface area contributed by atoms with E-state index in [1.807, 2.05) is 0 Å². The number of hydrogen-bond acceptors (Lipinski definition) is 4. The van der Waals surface area contributed by atoms with E-state index in [1.54, 1.807) is 18.9 Å². The zero-order valence-electron chi connectivity index (χ0n) is 10.6. The molecule has 18 heavy (non-hydrogen) atoms. The summed E-state index contributed by atoms with van der Waals surface area (Å²) < 4.78 is 4.99. The summed E-state index contributed by atoms with van der Waals surface area (Å²) in [7, 11) is 1.69. The molecule has 0 bridgehead atoms. The van der Waals surface area contributed by atoms with E-state index in [4.69, 9.17) is 4.74 Å². The summed E-state index contributed by atoms with van der Waals surface area (Å²) in [5.74, 6) is 1.68. The molecule has 0 unspecified atom stereocenters. The first-order valence-corrected chi connectivity index (χ1v) is 6.95. The van der Waals surface area contributed by atoms with Crippen LogP contribution in [0.25, 0.3) is 11.4 Å². The second-order valence-electron chi connectivity index (χ2n) is 3.86. The van der Waals surface area contributed by atoms with Gasteiger partial charge in [-0.15, -0.1) is 5.10 Å². The highest BCUT2D eigenvalue weighted by atomic mass is 32.2. The van der Waals surface area contributed by atoms with E-state index in [-0.39, 0.29) is 0 Å². The van der Waals surface area contributed by atoms with Gasteiger partial charge in [-0.1, -0.05) is 43.0 Å². The fourth-order valence-corrected chi connectivity index (χ4v) is 2.25. The zero-order chi connectivity index (χ0) is 12.8. The molecule has 0 amide bonds. The molecule has 0 fully saturated rings. The van der Waals surface area contributed by atoms with Gasteiger partial charge in [-0.05, 0) is 12.0 Å². The molecule has 2 aromatic rings. The summed E-state index contributed by atoms with van der Waals surface area (Å²) in [6.07, 6.45) is 1.05. The summed E-state index contributed by atoms with van der Waals surface area (Å²) >= 11 is 1.59. The monoisotopic (exact) mass is 263 g/mol. The molecule has 0 aliphatic heterocycles. The first kappa shape index (κ1) is 13.1. The largest absolute Gasteiger partial charge is 0.384 e. The summed E-state index contributed by atoms with van der Waals surface area (Å²) in [6, 6.07) is 8.39. The second-order valence-corrected chi connectivity index (χ2v) is 4.92. The van der Waals surface area contributed by atoms with Gasteiger partial charge >= 0.3 is 0 Å². The fraction of sp³-hybridized carbons (Fsp3) is 0.385. The number of rotatable bonds is 6. The Kier molecular flexibility index (Phi) is 4.78. The van der Waals surface area contributed by atoms with Crippen molar-refractivity contribution in [3.63, 3.8) is 0 Å². The first-order valence-electron chi connectivity index (χ1n) is 5.97. The van der Waals surface area contributed by atoms with E-state index in [1.165, 1.54) is 5.56 Å². The lowest BCUT2D eigenvalue weighted by atomic mass is 10.1. The van der Waals surface area contributed by atoms with Crippen molar-refractivity contribution in [2.24, 2.45) is 0 Å². The Balaban J connectivity index is 2.04. The lowest BCUT2D eigenvalue weighted by Crippen LogP contribution is -1.91. The molecular formula is C13H17N3OS. The molecule has 1 heterocycles. The molecule has 1 aromatic heterocycles. The number of hydrogen-bond donors (Lipinski definition) is 1. The molecule has 1 aromatic carbocycles. The number of aromatic nitrogens is 3. The van der Waals surface area contributed by atoms with E-state index in [0.29, 0.717) is 6.61 Å². The van der Waals surface area contributed by atoms with Crippen molar-refractivity contribution in [2.45, 2.75) is 18.5 Å². The third kappa shape index (κ3) is 3.34. The van der Waals surface area contributed by atoms with Crippen molar-refractivity contribution >= 4 is 11.8 Å². The van der Waals surface area contributed by atoms with Gasteiger partial charge in [0, 0.05) is 18.4 Å². The number of thioether (sulfide) groups is 1. The van der Waals surface area contributed by atoms with Crippen LogP contribution in [0.15, 0.2) is 29.4 Å². The number of methoxy groups -OCH3 is 1. The summed E-state index contributed by atoms with van der Waals surface area (Å²) in [4.78, 5) is 4.45. The number of aryl methyl sites for hydroxylation is 1. The van der Waals surface area contributed by atoms with Gasteiger partial charge in [0.15, 0.2) is 5.82 Å². The van der Waals surface area contributed by atoms with Gasteiger partial charge in [-0.25, -0.2) is 4.98 Å². The molecule has 1 N–H and O–H groups in total. The highest BCUT2D eigenvalue weighted by Gasteiger charge is 2.05. The summed E-state index contributed by atoms with van der Waals surface area (Å²) in [6.45, 7) is 2.85. The van der Waals surface area contributed by atoms with Crippen LogP contribution < -0.4 is 0 Å². The molecule has 0 spiro atoms. The molecule has 0 aliphatic carbocycles. The minimum Gasteiger partial charge on any atom is -0.384 e. The average Bonchev–Trinajstić information content (AvgIpc) is 2.88. The van der Waals surface area contributed by atoms with Crippen LogP contribution >= 0.6 is 11.8 Å². The van der Waals surface area contributed by atoms with Crippen molar-refractivity contribution < 1.29 is 4.74 Å². The van der Waals surface area contributed by atoms with Crippen molar-refractivity contribution in [1.29, 1.82) is 0 Å². The molecule has 96 valence electrons. The number of nitrogens with one attached hydrogen (secondary N) is 1. The molecule has 0 aliphatic rings. The summed E-state index contributed by atoms with van der Waals surface area (Å²) in [5.41, 5.74) is 2.39. The number of ether oxygens (including phenoxy) is 1. The van der Waals surface area contributed by atoms with Gasteiger partial charge in [0.25, 0.3) is 0 Å². The smallest absolute Gasteiger partial charge is 0.208 e. The molecular weight excluding hydrogens is 246 g/mol. The van der Waals surface area contributed by atoms with Crippen LogP contribution in [0.5, 0.6) is 0 Å². The molecule has 2 rings (SSSR count). The van der Waals surface area contributed by atoms with Crippen LogP contribution in [0.2, 0.25) is 0 Å². The van der Waals surface area contributed by atoms with Crippen LogP contribution in [0, 0.1) is 0 Å². The fourth-order valence-electron chi connectivity index (χ4n) is 1.55. The van der Waals surface area contributed by atoms with Gasteiger partial charge in [0.2, 0.25) is 5.16 Å². The number of benzene rings is 1. The highest BCUT2D eigenvalue weighted by molar-refractivity contribution is 7.99. The number of nitrogens with zero attached hydrogens (tertiary/aromatic N) is 2. The maximum Gasteiger partial charge on any atom is 0.208 e. The predicted octanol–water partition coefficient (Wildman–Crippen LogP) is 2.77. The minimum atomic E-state index is 0.708. The van der Waals surface area contributed by atoms with Crippen LogP contribution in [-0.4, -0.2) is 34.7 Å². The molecule has 4 nitrogen and oxygen atoms in total. The quantitative estimate of drug-likeness (QED) is 0.643. The Bertz CT molecular complexity index is 481. The third-order valence-corrected chi connectivity index (χ3v) is 3.43. The Morgan fingerprint density at radius 2 is 2.06 bits per heavy atom. The second kappa shape index (κ2) is 6.56. The third-order valence-electron chi connectivity index (χ3n) is 2.62. The Morgan fingerprint density at radius 1 is 1.28 bits per heavy atom. The molecule has 0 radical (unpaired) electrons. The number of aromatic amines is 1. The Labute approximate surface area is 111 Å². The Morgan fingerprint density at radius 3 is 2.72 bits per heavy atom. The van der Waals surface area contributed by atoms with Crippen LogP contribution in [0.1, 0.15) is 12.5 Å². The molecule has 0 saturated heterocycles. The van der Waals surface area contributed by atoms with E-state index in [0.717, 1.165) is 28.7 Å². The first-order chi connectivity index (χ1) is 8.83. The SMILES string of the molecule is CCc1ccc(-c2nc(SCCOC)n[nH]2)cc1. The van der Waals surface area contributed by atoms with Gasteiger partial charge in [0.1, 0.15) is 0 Å². The lowest BCUT2D eigenvalue weighted by Gasteiger charge is -1.98. The lowest BCUT2D eigenvalue weighted by molar-refractivity contribution is 0.218. The van der Waals surface area contributed by atoms with Crippen LogP contribution in [-0.2, 0) is 11.2 Å². The van der Waals surface area contributed by atoms with Gasteiger partial charge < -0.3 is 4.74 Å². The highest BCUT2D eigenvalue weighted by Crippen LogP contribution is 2.19. The maximum absolute atomic E-state index is 4.99. The van der Waals surface area contributed by atoms with Gasteiger partial charge in [0.05, 0.1) is 6.61 Å². The van der Waals surface area contributed by atoms with Crippen molar-refractivity contribution in [3.8, 4) is 11.4 Å². The van der Waals surface area contributed by atoms with Crippen molar-refractivity contribution in [3.05, 3.63) is 29.8 Å². The van der Waals surface area contributed by atoms with E-state index in [9.17, 15) is 0 Å². The van der Waals surface area contributed by atoms with E-state index < -0.39 is 0 Å². The minimum absolute atomic E-state index is 0.708. The van der Waals surface area contributed by atoms with E-state index in [2.05, 4.69) is 46.4 Å². The van der Waals surface area contributed by atoms with Crippen LogP contribution in [0.4, 0.5) is 0 Å². The maximum atomic E-state index is 4.99. The predicted molar refractivity (Wildman–Crippen MR) is 73.8 cm³/mol. The number of H-pyrrole nitrogens is 1. The topological polar surface area (TPSA) is 50.8 Å². The average molecular weight is 263 g/mol. The molecule has 0 saturated carbocycles. The normalized spacial score (nSPS) is 10.8. The molecule has 0 atom stereocenters. The van der Waals surface area contributed by atoms with Crippen molar-refractivity contribution in [1.82, 2.24) is 15.2 Å². The standard InChI is InChI=1S/C13H17N3OS/c1-3-10-4-6-11(7-5-10)12-14-13(16-15-12)18-9-8-17-2/h4-7H,3,8-9H2,1-2H3,(H,14,15,16). The Hall–Kier alpha value is -1.33.